The molecular formula is C18H28N6O2S2. The van der Waals surface area contributed by atoms with Crippen LogP contribution in [-0.2, 0) is 9.59 Å². The van der Waals surface area contributed by atoms with E-state index in [1.54, 1.807) is 0 Å². The molecule has 154 valence electrons. The Morgan fingerprint density at radius 1 is 0.607 bits per heavy atom. The van der Waals surface area contributed by atoms with Gasteiger partial charge in [0, 0.05) is 12.1 Å². The van der Waals surface area contributed by atoms with Gasteiger partial charge in [0.15, 0.2) is 10.2 Å². The van der Waals surface area contributed by atoms with Gasteiger partial charge in [-0.15, -0.1) is 0 Å². The van der Waals surface area contributed by atoms with Crippen molar-refractivity contribution in [1.29, 1.82) is 0 Å². The molecule has 0 aromatic heterocycles. The predicted molar refractivity (Wildman–Crippen MR) is 112 cm³/mol. The van der Waals surface area contributed by atoms with Gasteiger partial charge in [0.1, 0.15) is 0 Å². The molecule has 0 aromatic rings. The average molecular weight is 425 g/mol. The Labute approximate surface area is 175 Å². The molecule has 10 heteroatoms. The summed E-state index contributed by atoms with van der Waals surface area (Å²) in [6, 6.07) is 0.723. The Balaban J connectivity index is 1.10. The lowest BCUT2D eigenvalue weighted by Crippen LogP contribution is -2.57. The maximum absolute atomic E-state index is 11.9. The smallest absolute Gasteiger partial charge is 0.329 e. The van der Waals surface area contributed by atoms with Crippen molar-refractivity contribution < 1.29 is 9.59 Å². The molecule has 4 rings (SSSR count). The van der Waals surface area contributed by atoms with Crippen LogP contribution in [0.15, 0.2) is 0 Å². The number of nitrogens with one attached hydrogen (secondary N) is 6. The van der Waals surface area contributed by atoms with Gasteiger partial charge in [-0.05, 0) is 86.6 Å². The van der Waals surface area contributed by atoms with Crippen LogP contribution in [0.1, 0.15) is 51.4 Å². The lowest BCUT2D eigenvalue weighted by atomic mass is 9.96. The monoisotopic (exact) mass is 424 g/mol. The maximum atomic E-state index is 11.9. The molecule has 0 aliphatic heterocycles. The van der Waals surface area contributed by atoms with Crippen molar-refractivity contribution >= 4 is 46.5 Å². The molecule has 4 bridgehead atoms. The summed E-state index contributed by atoms with van der Waals surface area (Å²) in [6.07, 6.45) is 9.87. The zero-order valence-corrected chi connectivity index (χ0v) is 17.4. The minimum absolute atomic E-state index is 0.333. The Morgan fingerprint density at radius 3 is 1.36 bits per heavy atom. The minimum atomic E-state index is -0.840. The first-order chi connectivity index (χ1) is 13.5. The second-order valence-corrected chi connectivity index (χ2v) is 9.48. The molecule has 8 nitrogen and oxygen atoms in total. The average Bonchev–Trinajstić information content (AvgIpc) is 3.45. The van der Waals surface area contributed by atoms with Gasteiger partial charge in [-0.25, -0.2) is 0 Å². The molecule has 0 saturated heterocycles. The molecule has 6 atom stereocenters. The number of amides is 2. The lowest BCUT2D eigenvalue weighted by molar-refractivity contribution is -0.139. The highest BCUT2D eigenvalue weighted by Crippen LogP contribution is 2.45. The molecule has 0 spiro atoms. The standard InChI is InChI=1S/C18H28N6O2S2/c25-15(21-23-17(27)19-13-7-9-1-3-11(13)5-9)16(26)22-24-18(28)20-14-8-10-2-4-12(14)6-10/h9-14H,1-8H2,(H,21,25)(H,22,26)(H2,19,23,27)(H2,20,24,28)/t9-,10-,11-,12-,13-,14-/m1/s1. The Hall–Kier alpha value is -1.68. The zero-order chi connectivity index (χ0) is 19.7. The summed E-state index contributed by atoms with van der Waals surface area (Å²) in [4.78, 5) is 23.8. The van der Waals surface area contributed by atoms with Crippen LogP contribution in [0.4, 0.5) is 0 Å². The van der Waals surface area contributed by atoms with E-state index in [0.29, 0.717) is 34.1 Å². The van der Waals surface area contributed by atoms with Crippen LogP contribution >= 0.6 is 24.4 Å². The number of fused-ring (bicyclic) bond motifs is 4. The summed E-state index contributed by atoms with van der Waals surface area (Å²) in [5.74, 6) is 1.25. The van der Waals surface area contributed by atoms with E-state index in [9.17, 15) is 9.59 Å². The van der Waals surface area contributed by atoms with Crippen LogP contribution in [0.5, 0.6) is 0 Å². The van der Waals surface area contributed by atoms with E-state index in [0.717, 1.165) is 24.7 Å². The largest absolute Gasteiger partial charge is 0.358 e. The first-order valence-corrected chi connectivity index (χ1v) is 11.0. The van der Waals surface area contributed by atoms with Gasteiger partial charge in [-0.1, -0.05) is 12.8 Å². The van der Waals surface area contributed by atoms with Crippen molar-refractivity contribution in [3.8, 4) is 0 Å². The van der Waals surface area contributed by atoms with Crippen molar-refractivity contribution in [3.05, 3.63) is 0 Å². The summed E-state index contributed by atoms with van der Waals surface area (Å²) in [6.45, 7) is 0. The first-order valence-electron chi connectivity index (χ1n) is 10.2. The highest BCUT2D eigenvalue weighted by Gasteiger charge is 2.40. The second-order valence-electron chi connectivity index (χ2n) is 8.67. The van der Waals surface area contributed by atoms with Gasteiger partial charge in [-0.3, -0.25) is 31.3 Å². The lowest BCUT2D eigenvalue weighted by Gasteiger charge is -2.25. The molecule has 2 amide bonds. The van der Waals surface area contributed by atoms with Crippen LogP contribution in [0.2, 0.25) is 0 Å². The minimum Gasteiger partial charge on any atom is -0.358 e. The molecule has 0 unspecified atom stereocenters. The van der Waals surface area contributed by atoms with Crippen molar-refractivity contribution in [2.75, 3.05) is 0 Å². The van der Waals surface area contributed by atoms with Crippen LogP contribution in [0.3, 0.4) is 0 Å². The Morgan fingerprint density at radius 2 is 1.04 bits per heavy atom. The normalized spacial score (nSPS) is 34.6. The van der Waals surface area contributed by atoms with E-state index in [1.807, 2.05) is 0 Å². The third-order valence-electron chi connectivity index (χ3n) is 6.89. The number of hydrazine groups is 2. The maximum Gasteiger partial charge on any atom is 0.329 e. The molecule has 0 heterocycles. The van der Waals surface area contributed by atoms with E-state index < -0.39 is 11.8 Å². The summed E-state index contributed by atoms with van der Waals surface area (Å²) in [5, 5.41) is 7.14. The van der Waals surface area contributed by atoms with E-state index in [1.165, 1.54) is 38.5 Å². The van der Waals surface area contributed by atoms with Crippen molar-refractivity contribution in [1.82, 2.24) is 32.3 Å². The molecular weight excluding hydrogens is 396 g/mol. The number of carbonyl (C=O) groups is 2. The van der Waals surface area contributed by atoms with Crippen LogP contribution in [0.25, 0.3) is 0 Å². The SMILES string of the molecule is O=C(NNC(=S)N[C@@H]1C[C@@H]2CC[C@@H]1C2)C(=O)NNC(=S)N[C@@H]1C[C@@H]2CC[C@@H]1C2. The van der Waals surface area contributed by atoms with Gasteiger partial charge in [0.2, 0.25) is 0 Å². The fraction of sp³-hybridized carbons (Fsp3) is 0.778. The summed E-state index contributed by atoms with van der Waals surface area (Å²) >= 11 is 10.4. The van der Waals surface area contributed by atoms with E-state index in [-0.39, 0.29) is 0 Å². The molecule has 4 saturated carbocycles. The van der Waals surface area contributed by atoms with Gasteiger partial charge in [0.25, 0.3) is 0 Å². The number of hydrogen-bond acceptors (Lipinski definition) is 4. The van der Waals surface area contributed by atoms with Gasteiger partial charge < -0.3 is 10.6 Å². The van der Waals surface area contributed by atoms with E-state index >= 15 is 0 Å². The molecule has 6 N–H and O–H groups in total. The second kappa shape index (κ2) is 8.36. The summed E-state index contributed by atoms with van der Waals surface area (Å²) in [5.41, 5.74) is 9.82. The molecule has 4 aliphatic carbocycles. The molecule has 28 heavy (non-hydrogen) atoms. The first kappa shape index (κ1) is 19.6. The number of carbonyl (C=O) groups excluding carboxylic acids is 2. The van der Waals surface area contributed by atoms with Crippen LogP contribution in [0, 0.1) is 23.7 Å². The highest BCUT2D eigenvalue weighted by molar-refractivity contribution is 7.80. The van der Waals surface area contributed by atoms with Gasteiger partial charge in [-0.2, -0.15) is 0 Å². The van der Waals surface area contributed by atoms with Crippen molar-refractivity contribution in [2.24, 2.45) is 23.7 Å². The summed E-state index contributed by atoms with van der Waals surface area (Å²) in [7, 11) is 0. The fourth-order valence-electron chi connectivity index (χ4n) is 5.59. The molecule has 4 fully saturated rings. The topological polar surface area (TPSA) is 106 Å². The molecule has 0 radical (unpaired) electrons. The Kier molecular flexibility index (Phi) is 5.86. The zero-order valence-electron chi connectivity index (χ0n) is 15.8. The van der Waals surface area contributed by atoms with Gasteiger partial charge >= 0.3 is 11.8 Å². The van der Waals surface area contributed by atoms with Crippen molar-refractivity contribution in [3.63, 3.8) is 0 Å². The Bertz CT molecular complexity index is 618. The van der Waals surface area contributed by atoms with Crippen LogP contribution in [-0.4, -0.2) is 34.1 Å². The van der Waals surface area contributed by atoms with E-state index in [2.05, 4.69) is 32.3 Å². The predicted octanol–water partition coefficient (Wildman–Crippen LogP) is 0.354. The third kappa shape index (κ3) is 4.48. The number of rotatable bonds is 2. The molecule has 0 aromatic carbocycles. The highest BCUT2D eigenvalue weighted by atomic mass is 32.1. The van der Waals surface area contributed by atoms with Crippen molar-refractivity contribution in [2.45, 2.75) is 63.5 Å². The fourth-order valence-corrected chi connectivity index (χ4v) is 6.00. The van der Waals surface area contributed by atoms with Crippen LogP contribution < -0.4 is 32.3 Å². The third-order valence-corrected chi connectivity index (χ3v) is 7.33. The van der Waals surface area contributed by atoms with Gasteiger partial charge in [0.05, 0.1) is 0 Å². The molecule has 4 aliphatic rings. The quantitative estimate of drug-likeness (QED) is 0.214. The number of thiocarbonyl (C=S) groups is 2. The number of hydrogen-bond donors (Lipinski definition) is 6. The summed E-state index contributed by atoms with van der Waals surface area (Å²) < 4.78 is 0. The van der Waals surface area contributed by atoms with E-state index in [4.69, 9.17) is 24.4 Å².